The van der Waals surface area contributed by atoms with Gasteiger partial charge in [-0.15, -0.1) is 0 Å². The molecular formula is C20H18BrNO7. The van der Waals surface area contributed by atoms with Gasteiger partial charge in [0, 0.05) is 18.3 Å². The highest BCUT2D eigenvalue weighted by Gasteiger charge is 2.72. The van der Waals surface area contributed by atoms with Gasteiger partial charge in [0.2, 0.25) is 11.8 Å². The van der Waals surface area contributed by atoms with Gasteiger partial charge in [-0.05, 0) is 30.7 Å². The number of rotatable bonds is 4. The maximum Gasteiger partial charge on any atom is 0.305 e. The fourth-order valence-electron chi connectivity index (χ4n) is 4.19. The first-order chi connectivity index (χ1) is 13.7. The van der Waals surface area contributed by atoms with Gasteiger partial charge in [-0.2, -0.15) is 0 Å². The van der Waals surface area contributed by atoms with Gasteiger partial charge in [0.25, 0.3) is 6.29 Å². The fraction of sp³-hybridized carbons (Fsp3) is 0.400. The second-order valence-electron chi connectivity index (χ2n) is 7.29. The molecular weight excluding hydrogens is 446 g/mol. The smallest absolute Gasteiger partial charge is 0.305 e. The maximum atomic E-state index is 13.4. The summed E-state index contributed by atoms with van der Waals surface area (Å²) >= 11 is 3.42. The van der Waals surface area contributed by atoms with E-state index in [2.05, 4.69) is 15.9 Å². The lowest BCUT2D eigenvalue weighted by molar-refractivity contribution is -0.226. The van der Waals surface area contributed by atoms with Crippen molar-refractivity contribution < 1.29 is 33.4 Å². The van der Waals surface area contributed by atoms with E-state index in [9.17, 15) is 19.2 Å². The number of carbonyl (C=O) groups excluding carboxylic acids is 4. The van der Waals surface area contributed by atoms with Crippen LogP contribution in [0.1, 0.15) is 19.4 Å². The van der Waals surface area contributed by atoms with Crippen LogP contribution in [-0.4, -0.2) is 41.7 Å². The summed E-state index contributed by atoms with van der Waals surface area (Å²) in [6.07, 6.45) is 1.04. The van der Waals surface area contributed by atoms with E-state index in [1.807, 2.05) is 6.92 Å². The number of amides is 2. The molecule has 29 heavy (non-hydrogen) atoms. The molecule has 2 saturated heterocycles. The highest BCUT2D eigenvalue weighted by Crippen LogP contribution is 2.54. The lowest BCUT2D eigenvalue weighted by Crippen LogP contribution is -2.52. The number of ether oxygens (including phenoxy) is 3. The standard InChI is InChI=1S/C20H18BrNO7/c1-9-4-5-12(8-13(9)21)22-17(25)15-14-6-7-20(29-14,16(15)18(22)26)19(27-10(2)23)28-11(3)24/h4-8,14-16,19H,1-3H3/t14-,15+,16-,20+/m1/s1. The zero-order valence-electron chi connectivity index (χ0n) is 15.9. The molecule has 0 unspecified atom stereocenters. The molecule has 3 aliphatic heterocycles. The normalized spacial score (nSPS) is 29.6. The average Bonchev–Trinajstić information content (AvgIpc) is 3.28. The Labute approximate surface area is 174 Å². The quantitative estimate of drug-likeness (QED) is 0.291. The molecule has 1 aromatic carbocycles. The van der Waals surface area contributed by atoms with Gasteiger partial charge in [-0.1, -0.05) is 28.1 Å². The number of aryl methyl sites for hydroxylation is 1. The molecule has 4 rings (SSSR count). The predicted molar refractivity (Wildman–Crippen MR) is 102 cm³/mol. The first-order valence-electron chi connectivity index (χ1n) is 9.01. The minimum atomic E-state index is -1.55. The minimum Gasteiger partial charge on any atom is -0.422 e. The highest BCUT2D eigenvalue weighted by atomic mass is 79.9. The van der Waals surface area contributed by atoms with Crippen molar-refractivity contribution in [2.75, 3.05) is 4.90 Å². The van der Waals surface area contributed by atoms with Gasteiger partial charge >= 0.3 is 11.9 Å². The second-order valence-corrected chi connectivity index (χ2v) is 8.15. The lowest BCUT2D eigenvalue weighted by Gasteiger charge is -2.34. The predicted octanol–water partition coefficient (Wildman–Crippen LogP) is 2.02. The molecule has 3 heterocycles. The van der Waals surface area contributed by atoms with Crippen molar-refractivity contribution >= 4 is 45.4 Å². The summed E-state index contributed by atoms with van der Waals surface area (Å²) in [6.45, 7) is 4.22. The van der Waals surface area contributed by atoms with E-state index < -0.39 is 53.6 Å². The SMILES string of the molecule is CC(=O)OC(OC(C)=O)[C@@]12C=C[C@@H](O1)[C@@H]1C(=O)N(c3ccc(C)c(Br)c3)C(=O)[C@@H]12. The highest BCUT2D eigenvalue weighted by molar-refractivity contribution is 9.10. The molecule has 152 valence electrons. The third-order valence-corrected chi connectivity index (χ3v) is 6.26. The van der Waals surface area contributed by atoms with Crippen LogP contribution in [-0.2, 0) is 33.4 Å². The topological polar surface area (TPSA) is 99.2 Å². The molecule has 4 atom stereocenters. The van der Waals surface area contributed by atoms with Crippen LogP contribution >= 0.6 is 15.9 Å². The van der Waals surface area contributed by atoms with E-state index in [1.165, 1.54) is 0 Å². The number of hydrogen-bond donors (Lipinski definition) is 0. The number of anilines is 1. The van der Waals surface area contributed by atoms with Crippen molar-refractivity contribution in [2.45, 2.75) is 38.8 Å². The summed E-state index contributed by atoms with van der Waals surface area (Å²) in [6, 6.07) is 5.19. The molecule has 0 radical (unpaired) electrons. The molecule has 2 bridgehead atoms. The summed E-state index contributed by atoms with van der Waals surface area (Å²) in [5.41, 5.74) is -0.159. The van der Waals surface area contributed by atoms with E-state index in [0.29, 0.717) is 5.69 Å². The van der Waals surface area contributed by atoms with Crippen molar-refractivity contribution in [1.29, 1.82) is 0 Å². The summed E-state index contributed by atoms with van der Waals surface area (Å²) in [5.74, 6) is -4.07. The first kappa shape index (κ1) is 19.8. The van der Waals surface area contributed by atoms with Crippen LogP contribution in [0.2, 0.25) is 0 Å². The van der Waals surface area contributed by atoms with Crippen molar-refractivity contribution in [1.82, 2.24) is 0 Å². The molecule has 2 amide bonds. The third kappa shape index (κ3) is 2.91. The van der Waals surface area contributed by atoms with Gasteiger partial charge in [0.15, 0.2) is 5.60 Å². The Balaban J connectivity index is 1.75. The van der Waals surface area contributed by atoms with Gasteiger partial charge < -0.3 is 14.2 Å². The summed E-state index contributed by atoms with van der Waals surface area (Å²) in [7, 11) is 0. The van der Waals surface area contributed by atoms with E-state index in [0.717, 1.165) is 28.8 Å². The number of nitrogens with zero attached hydrogens (tertiary/aromatic N) is 1. The molecule has 2 fully saturated rings. The number of imide groups is 1. The van der Waals surface area contributed by atoms with Crippen LogP contribution in [0.4, 0.5) is 5.69 Å². The minimum absolute atomic E-state index is 0.406. The number of carbonyl (C=O) groups is 4. The summed E-state index contributed by atoms with van der Waals surface area (Å²) < 4.78 is 17.0. The molecule has 0 spiro atoms. The zero-order chi connectivity index (χ0) is 21.1. The van der Waals surface area contributed by atoms with Crippen molar-refractivity contribution in [2.24, 2.45) is 11.8 Å². The number of hydrogen-bond acceptors (Lipinski definition) is 7. The van der Waals surface area contributed by atoms with Gasteiger partial charge in [-0.25, -0.2) is 4.90 Å². The average molecular weight is 464 g/mol. The van der Waals surface area contributed by atoms with Crippen LogP contribution in [0.3, 0.4) is 0 Å². The molecule has 0 aromatic heterocycles. The largest absolute Gasteiger partial charge is 0.422 e. The summed E-state index contributed by atoms with van der Waals surface area (Å²) in [5, 5.41) is 0. The van der Waals surface area contributed by atoms with Crippen molar-refractivity contribution in [3.8, 4) is 0 Å². The Morgan fingerprint density at radius 3 is 2.41 bits per heavy atom. The molecule has 8 nitrogen and oxygen atoms in total. The van der Waals surface area contributed by atoms with Crippen molar-refractivity contribution in [3.05, 3.63) is 40.4 Å². The van der Waals surface area contributed by atoms with Crippen LogP contribution in [0, 0.1) is 18.8 Å². The van der Waals surface area contributed by atoms with Crippen LogP contribution in [0.15, 0.2) is 34.8 Å². The molecule has 1 aromatic rings. The Morgan fingerprint density at radius 2 is 1.83 bits per heavy atom. The van der Waals surface area contributed by atoms with Gasteiger partial charge in [0.1, 0.15) is 0 Å². The van der Waals surface area contributed by atoms with Crippen LogP contribution in [0.5, 0.6) is 0 Å². The maximum absolute atomic E-state index is 13.4. The Hall–Kier alpha value is -2.52. The monoisotopic (exact) mass is 463 g/mol. The zero-order valence-corrected chi connectivity index (χ0v) is 17.5. The van der Waals surface area contributed by atoms with E-state index >= 15 is 0 Å². The van der Waals surface area contributed by atoms with Crippen LogP contribution < -0.4 is 4.90 Å². The van der Waals surface area contributed by atoms with E-state index in [-0.39, 0.29) is 0 Å². The third-order valence-electron chi connectivity index (χ3n) is 5.41. The second kappa shape index (κ2) is 6.77. The Morgan fingerprint density at radius 1 is 1.17 bits per heavy atom. The molecule has 0 aliphatic carbocycles. The fourth-order valence-corrected chi connectivity index (χ4v) is 4.56. The van der Waals surface area contributed by atoms with Crippen molar-refractivity contribution in [3.63, 3.8) is 0 Å². The number of benzene rings is 1. The lowest BCUT2D eigenvalue weighted by atomic mass is 9.76. The Bertz CT molecular complexity index is 958. The Kier molecular flexibility index (Phi) is 4.62. The first-order valence-corrected chi connectivity index (χ1v) is 9.80. The van der Waals surface area contributed by atoms with Gasteiger partial charge in [-0.3, -0.25) is 19.2 Å². The number of esters is 2. The molecule has 9 heteroatoms. The molecule has 3 aliphatic rings. The van der Waals surface area contributed by atoms with E-state index in [1.54, 1.807) is 30.4 Å². The number of halogens is 1. The molecule has 0 saturated carbocycles. The summed E-state index contributed by atoms with van der Waals surface area (Å²) in [4.78, 5) is 50.8. The van der Waals surface area contributed by atoms with Crippen LogP contribution in [0.25, 0.3) is 0 Å². The van der Waals surface area contributed by atoms with E-state index in [4.69, 9.17) is 14.2 Å². The van der Waals surface area contributed by atoms with Gasteiger partial charge in [0.05, 0.1) is 23.6 Å². The number of fused-ring (bicyclic) bond motifs is 5. The molecule has 0 N–H and O–H groups in total.